The summed E-state index contributed by atoms with van der Waals surface area (Å²) in [6, 6.07) is 4.96. The Balaban J connectivity index is 2.19. The summed E-state index contributed by atoms with van der Waals surface area (Å²) in [6.07, 6.45) is 0. The van der Waals surface area contributed by atoms with Crippen LogP contribution in [0.1, 0.15) is 5.69 Å². The van der Waals surface area contributed by atoms with Gasteiger partial charge in [-0.3, -0.25) is 5.32 Å². The lowest BCUT2D eigenvalue weighted by atomic mass is 10.3. The molecule has 0 saturated carbocycles. The first-order valence-electron chi connectivity index (χ1n) is 6.98. The van der Waals surface area contributed by atoms with Crippen LogP contribution in [0.4, 0.5) is 19.5 Å². The molecule has 2 N–H and O–H groups in total. The fraction of sp³-hybridized carbons (Fsp3) is 0.214. The zero-order valence-electron chi connectivity index (χ0n) is 13.6. The molecule has 0 spiro atoms. The van der Waals surface area contributed by atoms with Gasteiger partial charge in [-0.15, -0.1) is 0 Å². The molecular weight excluding hydrogens is 374 g/mol. The molecule has 0 fully saturated rings. The largest absolute Gasteiger partial charge is 0.481 e. The number of urea groups is 1. The fourth-order valence-electron chi connectivity index (χ4n) is 1.87. The van der Waals surface area contributed by atoms with E-state index in [-0.39, 0.29) is 11.8 Å². The van der Waals surface area contributed by atoms with Gasteiger partial charge in [-0.1, -0.05) is 12.1 Å². The van der Waals surface area contributed by atoms with Crippen molar-refractivity contribution in [3.05, 3.63) is 36.0 Å². The van der Waals surface area contributed by atoms with E-state index < -0.39 is 33.3 Å². The maximum absolute atomic E-state index is 12.4. The van der Waals surface area contributed by atoms with Crippen molar-refractivity contribution in [3.63, 3.8) is 0 Å². The zero-order chi connectivity index (χ0) is 19.3. The van der Waals surface area contributed by atoms with Crippen molar-refractivity contribution >= 4 is 22.0 Å². The lowest BCUT2D eigenvalue weighted by Crippen LogP contribution is -2.35. The van der Waals surface area contributed by atoms with Gasteiger partial charge in [-0.2, -0.15) is 13.8 Å². The molecule has 0 atom stereocenters. The highest BCUT2D eigenvalue weighted by atomic mass is 32.2. The number of nitrogens with zero attached hydrogens (tertiary/aromatic N) is 2. The van der Waals surface area contributed by atoms with Crippen LogP contribution in [-0.2, 0) is 10.0 Å². The first kappa shape index (κ1) is 19.3. The number of aromatic nitrogens is 2. The molecule has 1 aromatic heterocycles. The summed E-state index contributed by atoms with van der Waals surface area (Å²) in [6.45, 7) is -1.62. The van der Waals surface area contributed by atoms with Crippen LogP contribution in [0.5, 0.6) is 11.6 Å². The Morgan fingerprint density at radius 3 is 2.58 bits per heavy atom. The van der Waals surface area contributed by atoms with Crippen molar-refractivity contribution in [1.82, 2.24) is 14.7 Å². The molecule has 0 aliphatic heterocycles. The molecule has 9 nitrogen and oxygen atoms in total. The number of alkyl halides is 2. The molecule has 26 heavy (non-hydrogen) atoms. The third kappa shape index (κ3) is 4.99. The molecule has 0 aliphatic rings. The molecule has 2 amide bonds. The van der Waals surface area contributed by atoms with Gasteiger partial charge in [-0.05, 0) is 19.1 Å². The Morgan fingerprint density at radius 1 is 1.23 bits per heavy atom. The predicted octanol–water partition coefficient (Wildman–Crippen LogP) is 1.91. The highest BCUT2D eigenvalue weighted by Crippen LogP contribution is 2.24. The van der Waals surface area contributed by atoms with Crippen LogP contribution < -0.4 is 19.5 Å². The van der Waals surface area contributed by atoms with Gasteiger partial charge >= 0.3 is 12.6 Å². The lowest BCUT2D eigenvalue weighted by molar-refractivity contribution is -0.0517. The topological polar surface area (TPSA) is 120 Å². The second kappa shape index (κ2) is 7.91. The number of benzene rings is 1. The van der Waals surface area contributed by atoms with Crippen LogP contribution in [0.15, 0.2) is 35.2 Å². The molecule has 2 rings (SSSR count). The molecular formula is C14H14F2N4O5S. The Hall–Kier alpha value is -3.02. The summed E-state index contributed by atoms with van der Waals surface area (Å²) in [5, 5.41) is 2.12. The molecule has 0 radical (unpaired) electrons. The van der Waals surface area contributed by atoms with Gasteiger partial charge in [0.2, 0.25) is 11.8 Å². The van der Waals surface area contributed by atoms with Crippen molar-refractivity contribution in [1.29, 1.82) is 0 Å². The van der Waals surface area contributed by atoms with Crippen molar-refractivity contribution in [2.45, 2.75) is 18.4 Å². The van der Waals surface area contributed by atoms with Crippen LogP contribution >= 0.6 is 0 Å². The molecule has 0 bridgehead atoms. The second-order valence-corrected chi connectivity index (χ2v) is 6.41. The Bertz CT molecular complexity index is 908. The summed E-state index contributed by atoms with van der Waals surface area (Å²) in [7, 11) is -3.13. The van der Waals surface area contributed by atoms with E-state index in [0.717, 1.165) is 12.1 Å². The highest BCUT2D eigenvalue weighted by molar-refractivity contribution is 7.90. The van der Waals surface area contributed by atoms with Gasteiger partial charge < -0.3 is 9.47 Å². The van der Waals surface area contributed by atoms with Crippen LogP contribution in [0, 0.1) is 6.92 Å². The number of ether oxygens (including phenoxy) is 2. The SMILES string of the molecule is COc1cc(C)nc(NC(=O)NS(=O)(=O)c2ccccc2OC(F)F)n1. The molecule has 0 unspecified atom stereocenters. The van der Waals surface area contributed by atoms with Crippen molar-refractivity contribution in [2.75, 3.05) is 12.4 Å². The maximum atomic E-state index is 12.4. The summed E-state index contributed by atoms with van der Waals surface area (Å²) in [4.78, 5) is 19.0. The number of methoxy groups -OCH3 is 1. The standard InChI is InChI=1S/C14H14F2N4O5S/c1-8-7-11(24-2)18-13(17-8)19-14(21)20-26(22,23)10-6-4-3-5-9(10)25-12(15)16/h3-7,12H,1-2H3,(H2,17,18,19,20,21). The number of nitrogens with one attached hydrogen (secondary N) is 2. The van der Waals surface area contributed by atoms with Crippen LogP contribution in [0.3, 0.4) is 0 Å². The van der Waals surface area contributed by atoms with E-state index in [0.29, 0.717) is 5.69 Å². The normalized spacial score (nSPS) is 11.1. The van der Waals surface area contributed by atoms with Crippen molar-refractivity contribution < 1.29 is 31.5 Å². The summed E-state index contributed by atoms with van der Waals surface area (Å²) in [5.41, 5.74) is 0.464. The Labute approximate surface area is 147 Å². The molecule has 1 heterocycles. The number of amides is 2. The quantitative estimate of drug-likeness (QED) is 0.776. The second-order valence-electron chi connectivity index (χ2n) is 4.76. The average molecular weight is 388 g/mol. The van der Waals surface area contributed by atoms with Crippen LogP contribution in [0.25, 0.3) is 0 Å². The predicted molar refractivity (Wildman–Crippen MR) is 85.7 cm³/mol. The lowest BCUT2D eigenvalue weighted by Gasteiger charge is -2.12. The van der Waals surface area contributed by atoms with Gasteiger partial charge in [0.15, 0.2) is 0 Å². The third-order valence-corrected chi connectivity index (χ3v) is 4.22. The van der Waals surface area contributed by atoms with E-state index in [4.69, 9.17) is 4.74 Å². The van der Waals surface area contributed by atoms with Gasteiger partial charge in [0.05, 0.1) is 7.11 Å². The first-order chi connectivity index (χ1) is 12.2. The van der Waals surface area contributed by atoms with Crippen molar-refractivity contribution in [2.24, 2.45) is 0 Å². The van der Waals surface area contributed by atoms with E-state index in [2.05, 4.69) is 20.0 Å². The van der Waals surface area contributed by atoms with E-state index in [9.17, 15) is 22.0 Å². The number of halogens is 2. The first-order valence-corrected chi connectivity index (χ1v) is 8.47. The Kier molecular flexibility index (Phi) is 5.87. The minimum absolute atomic E-state index is 0.159. The monoisotopic (exact) mass is 388 g/mol. The molecule has 2 aromatic rings. The van der Waals surface area contributed by atoms with Gasteiger partial charge in [0, 0.05) is 11.8 Å². The number of anilines is 1. The fourth-order valence-corrected chi connectivity index (χ4v) is 2.91. The molecule has 1 aromatic carbocycles. The van der Waals surface area contributed by atoms with E-state index in [1.54, 1.807) is 11.6 Å². The number of rotatable bonds is 6. The summed E-state index contributed by atoms with van der Waals surface area (Å²) >= 11 is 0. The number of hydrogen-bond acceptors (Lipinski definition) is 7. The molecule has 140 valence electrons. The molecule has 12 heteroatoms. The van der Waals surface area contributed by atoms with Gasteiger partial charge in [-0.25, -0.2) is 22.9 Å². The zero-order valence-corrected chi connectivity index (χ0v) is 14.4. The average Bonchev–Trinajstić information content (AvgIpc) is 2.53. The van der Waals surface area contributed by atoms with Crippen LogP contribution in [-0.4, -0.2) is 38.1 Å². The van der Waals surface area contributed by atoms with E-state index >= 15 is 0 Å². The number of carbonyl (C=O) groups is 1. The number of carbonyl (C=O) groups excluding carboxylic acids is 1. The van der Waals surface area contributed by atoms with Crippen LogP contribution in [0.2, 0.25) is 0 Å². The van der Waals surface area contributed by atoms with E-state index in [1.165, 1.54) is 25.3 Å². The highest BCUT2D eigenvalue weighted by Gasteiger charge is 2.24. The number of sulfonamides is 1. The minimum atomic E-state index is -4.49. The number of para-hydroxylation sites is 1. The number of aryl methyl sites for hydroxylation is 1. The maximum Gasteiger partial charge on any atom is 0.387 e. The molecule has 0 aliphatic carbocycles. The summed E-state index contributed by atoms with van der Waals surface area (Å²) in [5.74, 6) is -0.644. The van der Waals surface area contributed by atoms with Gasteiger partial charge in [0.25, 0.3) is 10.0 Å². The Morgan fingerprint density at radius 2 is 1.92 bits per heavy atom. The van der Waals surface area contributed by atoms with E-state index in [1.807, 2.05) is 0 Å². The van der Waals surface area contributed by atoms with Gasteiger partial charge in [0.1, 0.15) is 10.6 Å². The minimum Gasteiger partial charge on any atom is -0.481 e. The smallest absolute Gasteiger partial charge is 0.387 e. The number of hydrogen-bond donors (Lipinski definition) is 2. The van der Waals surface area contributed by atoms with Crippen molar-refractivity contribution in [3.8, 4) is 11.6 Å². The molecule has 0 saturated heterocycles. The summed E-state index contributed by atoms with van der Waals surface area (Å²) < 4.78 is 60.1. The third-order valence-electron chi connectivity index (χ3n) is 2.85.